The van der Waals surface area contributed by atoms with Crippen LogP contribution in [-0.2, 0) is 9.59 Å². The van der Waals surface area contributed by atoms with Crippen LogP contribution >= 0.6 is 0 Å². The molecule has 0 radical (unpaired) electrons. The van der Waals surface area contributed by atoms with E-state index in [4.69, 9.17) is 0 Å². The lowest BCUT2D eigenvalue weighted by molar-refractivity contribution is -0.122. The Balaban J connectivity index is 2.02. The van der Waals surface area contributed by atoms with Gasteiger partial charge in [-0.15, -0.1) is 6.58 Å². The summed E-state index contributed by atoms with van der Waals surface area (Å²) in [5, 5.41) is 8.58. The Morgan fingerprint density at radius 2 is 2.06 bits per heavy atom. The lowest BCUT2D eigenvalue weighted by Crippen LogP contribution is -2.44. The molecule has 5 heteroatoms. The van der Waals surface area contributed by atoms with Crippen molar-refractivity contribution >= 4 is 11.8 Å². The molecule has 96 valence electrons. The number of hydrogen-bond donors (Lipinski definition) is 3. The summed E-state index contributed by atoms with van der Waals surface area (Å²) in [6.07, 6.45) is 3.67. The van der Waals surface area contributed by atoms with E-state index in [9.17, 15) is 9.59 Å². The minimum absolute atomic E-state index is 0.0570. The highest BCUT2D eigenvalue weighted by Crippen LogP contribution is 2.28. The minimum atomic E-state index is -0.257. The van der Waals surface area contributed by atoms with Gasteiger partial charge in [0, 0.05) is 25.6 Å². The van der Waals surface area contributed by atoms with Crippen LogP contribution in [0.3, 0.4) is 0 Å². The highest BCUT2D eigenvalue weighted by molar-refractivity contribution is 5.81. The summed E-state index contributed by atoms with van der Waals surface area (Å²) < 4.78 is 0. The molecule has 1 atom stereocenters. The van der Waals surface area contributed by atoms with Crippen molar-refractivity contribution in [3.63, 3.8) is 0 Å². The largest absolute Gasteiger partial charge is 0.355 e. The molecule has 1 fully saturated rings. The monoisotopic (exact) mass is 239 g/mol. The Morgan fingerprint density at radius 1 is 1.35 bits per heavy atom. The summed E-state index contributed by atoms with van der Waals surface area (Å²) in [5.41, 5.74) is 0. The third kappa shape index (κ3) is 5.49. The van der Waals surface area contributed by atoms with E-state index in [0.717, 1.165) is 12.8 Å². The average molecular weight is 239 g/mol. The van der Waals surface area contributed by atoms with Crippen molar-refractivity contribution in [1.29, 1.82) is 0 Å². The van der Waals surface area contributed by atoms with Crippen LogP contribution in [-0.4, -0.2) is 37.5 Å². The van der Waals surface area contributed by atoms with Crippen molar-refractivity contribution in [3.05, 3.63) is 12.7 Å². The molecule has 0 aromatic rings. The number of carbonyl (C=O) groups is 2. The van der Waals surface area contributed by atoms with Crippen molar-refractivity contribution in [2.45, 2.75) is 25.8 Å². The van der Waals surface area contributed by atoms with Crippen LogP contribution in [0, 0.1) is 5.92 Å². The van der Waals surface area contributed by atoms with Crippen LogP contribution in [0.5, 0.6) is 0 Å². The van der Waals surface area contributed by atoms with Gasteiger partial charge in [0.2, 0.25) is 11.8 Å². The van der Waals surface area contributed by atoms with Crippen molar-refractivity contribution in [3.8, 4) is 0 Å². The molecule has 0 saturated heterocycles. The molecule has 3 N–H and O–H groups in total. The van der Waals surface area contributed by atoms with E-state index in [1.165, 1.54) is 0 Å². The van der Waals surface area contributed by atoms with Crippen molar-refractivity contribution in [2.24, 2.45) is 5.92 Å². The fraction of sp³-hybridized carbons (Fsp3) is 0.667. The van der Waals surface area contributed by atoms with Gasteiger partial charge in [-0.05, 0) is 19.8 Å². The van der Waals surface area contributed by atoms with Crippen LogP contribution in [0.25, 0.3) is 0 Å². The Kier molecular flexibility index (Phi) is 5.69. The molecule has 1 saturated carbocycles. The quantitative estimate of drug-likeness (QED) is 0.405. The molecule has 1 aliphatic rings. The Morgan fingerprint density at radius 3 is 2.65 bits per heavy atom. The molecular weight excluding hydrogens is 218 g/mol. The number of nitrogens with one attached hydrogen (secondary N) is 3. The minimum Gasteiger partial charge on any atom is -0.355 e. The van der Waals surface area contributed by atoms with E-state index in [-0.39, 0.29) is 23.8 Å². The summed E-state index contributed by atoms with van der Waals surface area (Å²) in [6.45, 7) is 6.96. The maximum Gasteiger partial charge on any atom is 0.237 e. The van der Waals surface area contributed by atoms with Gasteiger partial charge in [-0.1, -0.05) is 6.08 Å². The first-order chi connectivity index (χ1) is 8.15. The van der Waals surface area contributed by atoms with E-state index in [0.29, 0.717) is 19.6 Å². The number of rotatable bonds is 8. The van der Waals surface area contributed by atoms with Crippen LogP contribution in [0.1, 0.15) is 19.8 Å². The Hall–Kier alpha value is -1.36. The first kappa shape index (κ1) is 13.7. The molecule has 1 rings (SSSR count). The molecule has 0 aliphatic heterocycles. The fourth-order valence-electron chi connectivity index (χ4n) is 1.38. The average Bonchev–Trinajstić information content (AvgIpc) is 3.14. The number of amides is 2. The standard InChI is InChI=1S/C12H21N3O2/c1-3-6-14-11(16)9(2)13-7-8-15-12(17)10-4-5-10/h3,9-10,13H,1,4-8H2,2H3,(H,14,16)(H,15,17). The van der Waals surface area contributed by atoms with Gasteiger partial charge in [0.05, 0.1) is 6.04 Å². The topological polar surface area (TPSA) is 70.2 Å². The normalized spacial score (nSPS) is 16.1. The Labute approximate surface area is 102 Å². The highest BCUT2D eigenvalue weighted by atomic mass is 16.2. The second kappa shape index (κ2) is 7.06. The third-order valence-corrected chi connectivity index (χ3v) is 2.64. The van der Waals surface area contributed by atoms with Gasteiger partial charge in [-0.2, -0.15) is 0 Å². The van der Waals surface area contributed by atoms with Crippen LogP contribution in [0.4, 0.5) is 0 Å². The van der Waals surface area contributed by atoms with Crippen LogP contribution in [0.15, 0.2) is 12.7 Å². The second-order valence-electron chi connectivity index (χ2n) is 4.27. The molecule has 2 amide bonds. The molecule has 0 aromatic heterocycles. The zero-order valence-electron chi connectivity index (χ0n) is 10.3. The SMILES string of the molecule is C=CCNC(=O)C(C)NCCNC(=O)C1CC1. The summed E-state index contributed by atoms with van der Waals surface area (Å²) in [5.74, 6) is 0.317. The second-order valence-corrected chi connectivity index (χ2v) is 4.27. The van der Waals surface area contributed by atoms with E-state index in [1.54, 1.807) is 13.0 Å². The number of carbonyl (C=O) groups excluding carboxylic acids is 2. The number of hydrogen-bond acceptors (Lipinski definition) is 3. The van der Waals surface area contributed by atoms with E-state index in [2.05, 4.69) is 22.5 Å². The smallest absolute Gasteiger partial charge is 0.237 e. The van der Waals surface area contributed by atoms with Gasteiger partial charge in [0.1, 0.15) is 0 Å². The molecule has 0 aromatic carbocycles. The summed E-state index contributed by atoms with van der Waals surface area (Å²) in [6, 6.07) is -0.257. The van der Waals surface area contributed by atoms with E-state index >= 15 is 0 Å². The maximum atomic E-state index is 11.4. The fourth-order valence-corrected chi connectivity index (χ4v) is 1.38. The van der Waals surface area contributed by atoms with Gasteiger partial charge < -0.3 is 16.0 Å². The predicted molar refractivity (Wildman–Crippen MR) is 66.4 cm³/mol. The predicted octanol–water partition coefficient (Wildman–Crippen LogP) is -0.207. The van der Waals surface area contributed by atoms with Crippen LogP contribution < -0.4 is 16.0 Å². The summed E-state index contributed by atoms with van der Waals surface area (Å²) in [4.78, 5) is 22.7. The molecule has 1 unspecified atom stereocenters. The molecule has 0 bridgehead atoms. The maximum absolute atomic E-state index is 11.4. The van der Waals surface area contributed by atoms with E-state index < -0.39 is 0 Å². The van der Waals surface area contributed by atoms with Crippen molar-refractivity contribution in [1.82, 2.24) is 16.0 Å². The van der Waals surface area contributed by atoms with Crippen LogP contribution in [0.2, 0.25) is 0 Å². The lowest BCUT2D eigenvalue weighted by atomic mass is 10.3. The van der Waals surface area contributed by atoms with E-state index in [1.807, 2.05) is 0 Å². The van der Waals surface area contributed by atoms with Crippen molar-refractivity contribution in [2.75, 3.05) is 19.6 Å². The summed E-state index contributed by atoms with van der Waals surface area (Å²) in [7, 11) is 0. The molecule has 0 heterocycles. The Bertz CT molecular complexity index is 287. The highest BCUT2D eigenvalue weighted by Gasteiger charge is 2.28. The molecule has 1 aliphatic carbocycles. The third-order valence-electron chi connectivity index (χ3n) is 2.64. The van der Waals surface area contributed by atoms with Gasteiger partial charge in [-0.3, -0.25) is 9.59 Å². The first-order valence-corrected chi connectivity index (χ1v) is 6.05. The molecule has 17 heavy (non-hydrogen) atoms. The van der Waals surface area contributed by atoms with Gasteiger partial charge in [-0.25, -0.2) is 0 Å². The van der Waals surface area contributed by atoms with Gasteiger partial charge in [0.25, 0.3) is 0 Å². The molecule has 5 nitrogen and oxygen atoms in total. The zero-order chi connectivity index (χ0) is 12.7. The molecular formula is C12H21N3O2. The lowest BCUT2D eigenvalue weighted by Gasteiger charge is -2.13. The van der Waals surface area contributed by atoms with Crippen molar-refractivity contribution < 1.29 is 9.59 Å². The van der Waals surface area contributed by atoms with Gasteiger partial charge >= 0.3 is 0 Å². The first-order valence-electron chi connectivity index (χ1n) is 6.05. The molecule has 0 spiro atoms. The summed E-state index contributed by atoms with van der Waals surface area (Å²) >= 11 is 0. The zero-order valence-corrected chi connectivity index (χ0v) is 10.3. The van der Waals surface area contributed by atoms with Gasteiger partial charge in [0.15, 0.2) is 0 Å².